The normalized spacial score (nSPS) is 33.7. The van der Waals surface area contributed by atoms with Crippen LogP contribution in [-0.2, 0) is 0 Å². The molecule has 2 aliphatic carbocycles. The van der Waals surface area contributed by atoms with Gasteiger partial charge < -0.3 is 0 Å². The summed E-state index contributed by atoms with van der Waals surface area (Å²) < 4.78 is 0. The third-order valence-electron chi connectivity index (χ3n) is 4.54. The van der Waals surface area contributed by atoms with E-state index in [1.54, 1.807) is 5.57 Å². The summed E-state index contributed by atoms with van der Waals surface area (Å²) in [5, 5.41) is 0. The van der Waals surface area contributed by atoms with Gasteiger partial charge in [-0.3, -0.25) is 0 Å². The molecule has 2 rings (SSSR count). The van der Waals surface area contributed by atoms with Gasteiger partial charge in [0.15, 0.2) is 0 Å². The molecule has 1 fully saturated rings. The van der Waals surface area contributed by atoms with E-state index in [1.165, 1.54) is 38.5 Å². The minimum Gasteiger partial charge on any atom is -0.0848 e. The number of rotatable bonds is 4. The van der Waals surface area contributed by atoms with E-state index in [-0.39, 0.29) is 0 Å². The smallest absolute Gasteiger partial charge is 0.0170 e. The first kappa shape index (κ1) is 11.2. The van der Waals surface area contributed by atoms with Crippen LogP contribution in [0.15, 0.2) is 11.6 Å². The molecule has 0 amide bonds. The number of hydrogen-bond donors (Lipinski definition) is 0. The minimum atomic E-state index is 0.929. The number of hydrogen-bond acceptors (Lipinski definition) is 0. The van der Waals surface area contributed by atoms with Crippen molar-refractivity contribution in [3.8, 4) is 0 Å². The van der Waals surface area contributed by atoms with Crippen LogP contribution in [0.1, 0.15) is 59.3 Å². The highest BCUT2D eigenvalue weighted by molar-refractivity contribution is 5.13. The quantitative estimate of drug-likeness (QED) is 0.579. The van der Waals surface area contributed by atoms with Crippen LogP contribution in [-0.4, -0.2) is 0 Å². The summed E-state index contributed by atoms with van der Waals surface area (Å²) in [5.74, 6) is 3.97. The Bertz CT molecular complexity index is 234. The van der Waals surface area contributed by atoms with Gasteiger partial charge in [-0.05, 0) is 55.8 Å². The fourth-order valence-electron chi connectivity index (χ4n) is 3.51. The molecule has 0 heteroatoms. The van der Waals surface area contributed by atoms with E-state index in [0.29, 0.717) is 0 Å². The van der Waals surface area contributed by atoms with Gasteiger partial charge in [-0.1, -0.05) is 38.8 Å². The van der Waals surface area contributed by atoms with Gasteiger partial charge in [-0.2, -0.15) is 0 Å². The molecule has 0 aliphatic heterocycles. The summed E-state index contributed by atoms with van der Waals surface area (Å²) in [7, 11) is 0. The Kier molecular flexibility index (Phi) is 3.53. The molecule has 0 aromatic heterocycles. The van der Waals surface area contributed by atoms with Crippen LogP contribution in [0.25, 0.3) is 0 Å². The predicted molar refractivity (Wildman–Crippen MR) is 66.8 cm³/mol. The predicted octanol–water partition coefficient (Wildman–Crippen LogP) is 4.81. The van der Waals surface area contributed by atoms with Gasteiger partial charge in [0.05, 0.1) is 0 Å². The van der Waals surface area contributed by atoms with Gasteiger partial charge in [0.2, 0.25) is 0 Å². The zero-order valence-corrected chi connectivity index (χ0v) is 10.6. The van der Waals surface area contributed by atoms with Crippen molar-refractivity contribution < 1.29 is 0 Å². The van der Waals surface area contributed by atoms with Crippen LogP contribution in [0, 0.1) is 23.7 Å². The maximum absolute atomic E-state index is 2.56. The summed E-state index contributed by atoms with van der Waals surface area (Å²) in [6.45, 7) is 7.17. The Labute approximate surface area is 95.1 Å². The van der Waals surface area contributed by atoms with E-state index in [1.807, 2.05) is 0 Å². The zero-order chi connectivity index (χ0) is 10.8. The van der Waals surface area contributed by atoms with Crippen molar-refractivity contribution in [1.29, 1.82) is 0 Å². The van der Waals surface area contributed by atoms with E-state index >= 15 is 0 Å². The van der Waals surface area contributed by atoms with Crippen molar-refractivity contribution in [2.45, 2.75) is 59.3 Å². The highest BCUT2D eigenvalue weighted by Crippen LogP contribution is 2.48. The summed E-state index contributed by atoms with van der Waals surface area (Å²) in [4.78, 5) is 0. The molecule has 0 aromatic rings. The van der Waals surface area contributed by atoms with Gasteiger partial charge in [-0.25, -0.2) is 0 Å². The zero-order valence-electron chi connectivity index (χ0n) is 10.6. The second-order valence-electron chi connectivity index (χ2n) is 5.73. The summed E-state index contributed by atoms with van der Waals surface area (Å²) >= 11 is 0. The van der Waals surface area contributed by atoms with Crippen molar-refractivity contribution in [3.63, 3.8) is 0 Å². The first-order chi connectivity index (χ1) is 7.26. The lowest BCUT2D eigenvalue weighted by Crippen LogP contribution is -2.23. The molecule has 3 unspecified atom stereocenters. The largest absolute Gasteiger partial charge is 0.0848 e. The lowest BCUT2D eigenvalue weighted by molar-refractivity contribution is 0.258. The minimum absolute atomic E-state index is 0.929. The third-order valence-corrected chi connectivity index (χ3v) is 4.54. The molecule has 0 spiro atoms. The molecule has 0 bridgehead atoms. The highest BCUT2D eigenvalue weighted by atomic mass is 14.4. The molecule has 0 heterocycles. The van der Waals surface area contributed by atoms with E-state index in [0.717, 1.165) is 23.7 Å². The average Bonchev–Trinajstić information content (AvgIpc) is 3.04. The molecule has 0 saturated heterocycles. The Balaban J connectivity index is 2.09. The number of allylic oxidation sites excluding steroid dienone is 2. The lowest BCUT2D eigenvalue weighted by Gasteiger charge is -2.34. The molecule has 0 nitrogen and oxygen atoms in total. The molecular weight excluding hydrogens is 180 g/mol. The topological polar surface area (TPSA) is 0 Å². The molecular formula is C15H26. The lowest BCUT2D eigenvalue weighted by atomic mass is 9.71. The van der Waals surface area contributed by atoms with Gasteiger partial charge in [0, 0.05) is 0 Å². The van der Waals surface area contributed by atoms with Crippen molar-refractivity contribution >= 4 is 0 Å². The fourth-order valence-corrected chi connectivity index (χ4v) is 3.51. The van der Waals surface area contributed by atoms with Crippen LogP contribution in [0.4, 0.5) is 0 Å². The Morgan fingerprint density at radius 3 is 2.60 bits per heavy atom. The summed E-state index contributed by atoms with van der Waals surface area (Å²) in [6, 6.07) is 0. The van der Waals surface area contributed by atoms with Gasteiger partial charge in [0.25, 0.3) is 0 Å². The first-order valence-electron chi connectivity index (χ1n) is 6.95. The maximum Gasteiger partial charge on any atom is -0.0170 e. The molecule has 0 aromatic carbocycles. The van der Waals surface area contributed by atoms with Gasteiger partial charge in [-0.15, -0.1) is 0 Å². The van der Waals surface area contributed by atoms with E-state index in [9.17, 15) is 0 Å². The van der Waals surface area contributed by atoms with Crippen LogP contribution < -0.4 is 0 Å². The fraction of sp³-hybridized carbons (Fsp3) is 0.867. The standard InChI is InChI=1S/C15H26/c1-4-12-7-6-11(3)10-15(12)14(5-2)13-8-9-13/h7,11,13-15H,4-6,8-10H2,1-3H3. The Hall–Kier alpha value is -0.260. The Morgan fingerprint density at radius 1 is 1.33 bits per heavy atom. The Morgan fingerprint density at radius 2 is 2.07 bits per heavy atom. The van der Waals surface area contributed by atoms with Crippen molar-refractivity contribution in [2.75, 3.05) is 0 Å². The molecule has 15 heavy (non-hydrogen) atoms. The van der Waals surface area contributed by atoms with E-state index < -0.39 is 0 Å². The summed E-state index contributed by atoms with van der Waals surface area (Å²) in [5.41, 5.74) is 1.78. The van der Waals surface area contributed by atoms with Crippen molar-refractivity contribution in [2.24, 2.45) is 23.7 Å². The van der Waals surface area contributed by atoms with E-state index in [4.69, 9.17) is 0 Å². The molecule has 1 saturated carbocycles. The summed E-state index contributed by atoms with van der Waals surface area (Å²) in [6.07, 6.45) is 11.1. The molecule has 3 atom stereocenters. The average molecular weight is 206 g/mol. The monoisotopic (exact) mass is 206 g/mol. The third kappa shape index (κ3) is 2.46. The van der Waals surface area contributed by atoms with Crippen LogP contribution >= 0.6 is 0 Å². The second kappa shape index (κ2) is 4.72. The SMILES string of the molecule is CCC1=CCC(C)CC1C(CC)C1CC1. The first-order valence-corrected chi connectivity index (χ1v) is 6.95. The van der Waals surface area contributed by atoms with Gasteiger partial charge >= 0.3 is 0 Å². The molecule has 86 valence electrons. The molecule has 2 aliphatic rings. The molecule has 0 radical (unpaired) electrons. The van der Waals surface area contributed by atoms with Crippen LogP contribution in [0.3, 0.4) is 0 Å². The van der Waals surface area contributed by atoms with Gasteiger partial charge in [0.1, 0.15) is 0 Å². The van der Waals surface area contributed by atoms with E-state index in [2.05, 4.69) is 26.8 Å². The highest BCUT2D eigenvalue weighted by Gasteiger charge is 2.37. The maximum atomic E-state index is 2.56. The van der Waals surface area contributed by atoms with Crippen molar-refractivity contribution in [1.82, 2.24) is 0 Å². The van der Waals surface area contributed by atoms with Crippen LogP contribution in [0.5, 0.6) is 0 Å². The molecule has 0 N–H and O–H groups in total. The van der Waals surface area contributed by atoms with Crippen LogP contribution in [0.2, 0.25) is 0 Å². The van der Waals surface area contributed by atoms with Crippen molar-refractivity contribution in [3.05, 3.63) is 11.6 Å². The second-order valence-corrected chi connectivity index (χ2v) is 5.73.